The summed E-state index contributed by atoms with van der Waals surface area (Å²) >= 11 is 0. The summed E-state index contributed by atoms with van der Waals surface area (Å²) in [5.41, 5.74) is 5.59. The Labute approximate surface area is 110 Å². The predicted octanol–water partition coefficient (Wildman–Crippen LogP) is 0.245. The summed E-state index contributed by atoms with van der Waals surface area (Å²) in [4.78, 5) is 24.4. The van der Waals surface area contributed by atoms with E-state index in [-0.39, 0.29) is 24.1 Å². The Bertz CT molecular complexity index is 519. The van der Waals surface area contributed by atoms with E-state index in [0.29, 0.717) is 18.7 Å². The monoisotopic (exact) mass is 265 g/mol. The fraction of sp³-hybridized carbons (Fsp3) is 0.385. The van der Waals surface area contributed by atoms with Gasteiger partial charge in [-0.1, -0.05) is 6.07 Å². The number of primary amides is 1. The van der Waals surface area contributed by atoms with Crippen LogP contribution in [-0.2, 0) is 11.3 Å². The van der Waals surface area contributed by atoms with Crippen LogP contribution in [0.25, 0.3) is 0 Å². The molecule has 102 valence electrons. The number of nitrogens with one attached hydrogen (secondary N) is 1. The Kier molecular flexibility index (Phi) is 3.80. The van der Waals surface area contributed by atoms with Crippen LogP contribution >= 0.6 is 0 Å². The van der Waals surface area contributed by atoms with E-state index < -0.39 is 11.7 Å². The molecule has 1 unspecified atom stereocenters. The summed E-state index contributed by atoms with van der Waals surface area (Å²) in [6.45, 7) is 3.21. The fourth-order valence-electron chi connectivity index (χ4n) is 2.08. The zero-order valence-electron chi connectivity index (χ0n) is 10.6. The number of rotatable bonds is 3. The van der Waals surface area contributed by atoms with Gasteiger partial charge in [0.15, 0.2) is 0 Å². The van der Waals surface area contributed by atoms with Gasteiger partial charge in [-0.3, -0.25) is 9.59 Å². The number of carbonyl (C=O) groups is 2. The van der Waals surface area contributed by atoms with Crippen molar-refractivity contribution >= 4 is 11.8 Å². The van der Waals surface area contributed by atoms with Gasteiger partial charge in [0.1, 0.15) is 5.82 Å². The Morgan fingerprint density at radius 1 is 1.58 bits per heavy atom. The quantitative estimate of drug-likeness (QED) is 0.822. The molecular weight excluding hydrogens is 249 g/mol. The van der Waals surface area contributed by atoms with E-state index in [1.165, 1.54) is 12.1 Å². The highest BCUT2D eigenvalue weighted by Crippen LogP contribution is 2.14. The standard InChI is InChI=1S/C13H16FN3O2/c1-8-13(19)17(5-4-16-8)7-10-3-2-9(12(15)18)6-11(10)14/h2-3,6,8,16H,4-5,7H2,1H3,(H2,15,18). The van der Waals surface area contributed by atoms with Crippen LogP contribution < -0.4 is 11.1 Å². The average Bonchev–Trinajstić information content (AvgIpc) is 2.37. The van der Waals surface area contributed by atoms with Crippen LogP contribution in [0.15, 0.2) is 18.2 Å². The molecule has 5 nitrogen and oxygen atoms in total. The SMILES string of the molecule is CC1NCCN(Cc2ccc(C(N)=O)cc2F)C1=O. The molecule has 1 aliphatic heterocycles. The summed E-state index contributed by atoms with van der Waals surface area (Å²) in [6, 6.07) is 3.82. The maximum atomic E-state index is 13.8. The Hall–Kier alpha value is -1.95. The first-order valence-electron chi connectivity index (χ1n) is 6.09. The number of piperazine rings is 1. The minimum absolute atomic E-state index is 0.0513. The second kappa shape index (κ2) is 5.36. The summed E-state index contributed by atoms with van der Waals surface area (Å²) in [7, 11) is 0. The van der Waals surface area contributed by atoms with E-state index in [4.69, 9.17) is 5.73 Å². The lowest BCUT2D eigenvalue weighted by molar-refractivity contribution is -0.135. The van der Waals surface area contributed by atoms with Crippen LogP contribution in [0, 0.1) is 5.82 Å². The van der Waals surface area contributed by atoms with E-state index in [1.807, 2.05) is 0 Å². The van der Waals surface area contributed by atoms with Crippen molar-refractivity contribution in [1.29, 1.82) is 0 Å². The van der Waals surface area contributed by atoms with Crippen LogP contribution in [0.4, 0.5) is 4.39 Å². The molecule has 0 aliphatic carbocycles. The molecular formula is C13H16FN3O2. The molecule has 1 aromatic carbocycles. The predicted molar refractivity (Wildman–Crippen MR) is 67.8 cm³/mol. The zero-order valence-corrected chi connectivity index (χ0v) is 10.6. The van der Waals surface area contributed by atoms with Gasteiger partial charge in [0, 0.05) is 30.8 Å². The molecule has 0 spiro atoms. The number of nitrogens with zero attached hydrogens (tertiary/aromatic N) is 1. The van der Waals surface area contributed by atoms with E-state index in [9.17, 15) is 14.0 Å². The molecule has 1 atom stereocenters. The highest BCUT2D eigenvalue weighted by molar-refractivity contribution is 5.92. The van der Waals surface area contributed by atoms with Crippen molar-refractivity contribution in [2.45, 2.75) is 19.5 Å². The number of carbonyl (C=O) groups excluding carboxylic acids is 2. The van der Waals surface area contributed by atoms with Crippen molar-refractivity contribution in [2.24, 2.45) is 5.73 Å². The molecule has 3 N–H and O–H groups in total. The van der Waals surface area contributed by atoms with Crippen LogP contribution in [0.2, 0.25) is 0 Å². The third-order valence-corrected chi connectivity index (χ3v) is 3.21. The number of benzene rings is 1. The smallest absolute Gasteiger partial charge is 0.248 e. The zero-order chi connectivity index (χ0) is 14.0. The molecule has 0 bridgehead atoms. The van der Waals surface area contributed by atoms with Crippen LogP contribution in [0.1, 0.15) is 22.8 Å². The maximum absolute atomic E-state index is 13.8. The first-order valence-corrected chi connectivity index (χ1v) is 6.09. The molecule has 1 fully saturated rings. The van der Waals surface area contributed by atoms with E-state index >= 15 is 0 Å². The number of hydrogen-bond acceptors (Lipinski definition) is 3. The molecule has 0 radical (unpaired) electrons. The topological polar surface area (TPSA) is 75.4 Å². The fourth-order valence-corrected chi connectivity index (χ4v) is 2.08. The Morgan fingerprint density at radius 2 is 2.32 bits per heavy atom. The number of nitrogens with two attached hydrogens (primary N) is 1. The molecule has 0 aromatic heterocycles. The minimum Gasteiger partial charge on any atom is -0.366 e. The van der Waals surface area contributed by atoms with Gasteiger partial charge in [-0.25, -0.2) is 4.39 Å². The second-order valence-corrected chi connectivity index (χ2v) is 4.61. The van der Waals surface area contributed by atoms with Gasteiger partial charge in [0.05, 0.1) is 6.04 Å². The normalized spacial score (nSPS) is 19.6. The summed E-state index contributed by atoms with van der Waals surface area (Å²) < 4.78 is 13.8. The number of halogens is 1. The maximum Gasteiger partial charge on any atom is 0.248 e. The van der Waals surface area contributed by atoms with E-state index in [2.05, 4.69) is 5.32 Å². The van der Waals surface area contributed by atoms with E-state index in [0.717, 1.165) is 6.07 Å². The largest absolute Gasteiger partial charge is 0.366 e. The third kappa shape index (κ3) is 2.90. The van der Waals surface area contributed by atoms with Gasteiger partial charge in [0.2, 0.25) is 11.8 Å². The molecule has 19 heavy (non-hydrogen) atoms. The van der Waals surface area contributed by atoms with Gasteiger partial charge in [-0.2, -0.15) is 0 Å². The lowest BCUT2D eigenvalue weighted by atomic mass is 10.1. The van der Waals surface area contributed by atoms with Crippen molar-refractivity contribution in [3.63, 3.8) is 0 Å². The Morgan fingerprint density at radius 3 is 2.95 bits per heavy atom. The highest BCUT2D eigenvalue weighted by atomic mass is 19.1. The lowest BCUT2D eigenvalue weighted by Gasteiger charge is -2.31. The molecule has 6 heteroatoms. The van der Waals surface area contributed by atoms with Crippen LogP contribution in [-0.4, -0.2) is 35.8 Å². The average molecular weight is 265 g/mol. The second-order valence-electron chi connectivity index (χ2n) is 4.61. The highest BCUT2D eigenvalue weighted by Gasteiger charge is 2.25. The van der Waals surface area contributed by atoms with Gasteiger partial charge in [0.25, 0.3) is 0 Å². The molecule has 1 aliphatic rings. The van der Waals surface area contributed by atoms with Crippen molar-refractivity contribution in [1.82, 2.24) is 10.2 Å². The first-order chi connectivity index (χ1) is 8.99. The van der Waals surface area contributed by atoms with Crippen molar-refractivity contribution in [2.75, 3.05) is 13.1 Å². The first kappa shape index (κ1) is 13.5. The van der Waals surface area contributed by atoms with Gasteiger partial charge in [-0.05, 0) is 19.1 Å². The number of hydrogen-bond donors (Lipinski definition) is 2. The molecule has 0 saturated carbocycles. The minimum atomic E-state index is -0.669. The molecule has 2 amide bonds. The van der Waals surface area contributed by atoms with E-state index in [1.54, 1.807) is 11.8 Å². The van der Waals surface area contributed by atoms with Gasteiger partial charge in [-0.15, -0.1) is 0 Å². The molecule has 1 heterocycles. The van der Waals surface area contributed by atoms with Crippen molar-refractivity contribution in [3.8, 4) is 0 Å². The summed E-state index contributed by atoms with van der Waals surface area (Å²) in [5.74, 6) is -1.24. The molecule has 2 rings (SSSR count). The van der Waals surface area contributed by atoms with Crippen LogP contribution in [0.3, 0.4) is 0 Å². The van der Waals surface area contributed by atoms with Crippen molar-refractivity contribution < 1.29 is 14.0 Å². The third-order valence-electron chi connectivity index (χ3n) is 3.21. The summed E-state index contributed by atoms with van der Waals surface area (Å²) in [5, 5.41) is 3.04. The number of amides is 2. The molecule has 1 aromatic rings. The van der Waals surface area contributed by atoms with Gasteiger partial charge >= 0.3 is 0 Å². The van der Waals surface area contributed by atoms with Crippen molar-refractivity contribution in [3.05, 3.63) is 35.1 Å². The molecule has 1 saturated heterocycles. The lowest BCUT2D eigenvalue weighted by Crippen LogP contribution is -2.53. The summed E-state index contributed by atoms with van der Waals surface area (Å²) in [6.07, 6.45) is 0. The van der Waals surface area contributed by atoms with Crippen LogP contribution in [0.5, 0.6) is 0 Å². The van der Waals surface area contributed by atoms with Gasteiger partial charge < -0.3 is 16.0 Å². The Balaban J connectivity index is 2.15.